The number of fused-ring (bicyclic) bond motifs is 1. The topological polar surface area (TPSA) is 187 Å². The quantitative estimate of drug-likeness (QED) is 0.192. The minimum absolute atomic E-state index is 0.00302. The Kier molecular flexibility index (Phi) is 11.1. The summed E-state index contributed by atoms with van der Waals surface area (Å²) in [6.07, 6.45) is 2.40. The molecule has 8 N–H and O–H groups in total. The average molecular weight is 518 g/mol. The van der Waals surface area contributed by atoms with Gasteiger partial charge >= 0.3 is 5.97 Å². The number of nitrogens with two attached hydrogens (primary N) is 1. The third-order valence-corrected chi connectivity index (χ3v) is 5.93. The molecule has 11 nitrogen and oxygen atoms in total. The summed E-state index contributed by atoms with van der Waals surface area (Å²) in [7, 11) is 0. The smallest absolute Gasteiger partial charge is 0.326 e. The van der Waals surface area contributed by atoms with Crippen molar-refractivity contribution in [3.05, 3.63) is 36.0 Å². The van der Waals surface area contributed by atoms with Gasteiger partial charge in [0, 0.05) is 23.5 Å². The summed E-state index contributed by atoms with van der Waals surface area (Å²) in [5.74, 6) is -3.04. The lowest BCUT2D eigenvalue weighted by molar-refractivity contribution is -0.142. The number of carbonyl (C=O) groups is 4. The van der Waals surface area contributed by atoms with E-state index in [9.17, 15) is 29.4 Å². The number of benzene rings is 1. The highest BCUT2D eigenvalue weighted by Crippen LogP contribution is 2.19. The van der Waals surface area contributed by atoms with Gasteiger partial charge in [0.25, 0.3) is 0 Å². The number of hydrogen-bond acceptors (Lipinski definition) is 6. The van der Waals surface area contributed by atoms with Crippen LogP contribution >= 0.6 is 0 Å². The molecule has 0 saturated carbocycles. The highest BCUT2D eigenvalue weighted by atomic mass is 16.4. The van der Waals surface area contributed by atoms with Gasteiger partial charge < -0.3 is 36.9 Å². The first-order valence-electron chi connectivity index (χ1n) is 12.5. The van der Waals surface area contributed by atoms with E-state index in [0.29, 0.717) is 12.0 Å². The van der Waals surface area contributed by atoms with Crippen molar-refractivity contribution in [2.75, 3.05) is 6.61 Å². The maximum atomic E-state index is 13.0. The fraction of sp³-hybridized carbons (Fsp3) is 0.538. The molecule has 0 bridgehead atoms. The van der Waals surface area contributed by atoms with Crippen LogP contribution in [-0.2, 0) is 25.6 Å². The lowest BCUT2D eigenvalue weighted by Gasteiger charge is -2.25. The monoisotopic (exact) mass is 517 g/mol. The van der Waals surface area contributed by atoms with E-state index in [1.807, 2.05) is 52.0 Å². The molecule has 0 aliphatic heterocycles. The second-order valence-electron chi connectivity index (χ2n) is 10.1. The minimum Gasteiger partial charge on any atom is -0.480 e. The number of aliphatic hydroxyl groups is 1. The maximum Gasteiger partial charge on any atom is 0.326 e. The van der Waals surface area contributed by atoms with Crippen LogP contribution in [0, 0.1) is 11.8 Å². The Morgan fingerprint density at radius 1 is 0.865 bits per heavy atom. The van der Waals surface area contributed by atoms with E-state index in [1.165, 1.54) is 0 Å². The predicted molar refractivity (Wildman–Crippen MR) is 139 cm³/mol. The van der Waals surface area contributed by atoms with Crippen LogP contribution in [0.5, 0.6) is 0 Å². The lowest BCUT2D eigenvalue weighted by Crippen LogP contribution is -2.58. The molecule has 0 saturated heterocycles. The van der Waals surface area contributed by atoms with Crippen LogP contribution in [0.25, 0.3) is 10.9 Å². The first-order chi connectivity index (χ1) is 17.4. The normalized spacial score (nSPS) is 14.7. The molecule has 1 aromatic heterocycles. The zero-order chi connectivity index (χ0) is 27.7. The number of carboxylic acids is 1. The minimum atomic E-state index is -1.41. The van der Waals surface area contributed by atoms with Crippen molar-refractivity contribution >= 4 is 34.6 Å². The molecule has 0 aliphatic rings. The number of hydrogen-bond donors (Lipinski definition) is 7. The van der Waals surface area contributed by atoms with Crippen LogP contribution < -0.4 is 21.7 Å². The van der Waals surface area contributed by atoms with Crippen LogP contribution in [0.4, 0.5) is 0 Å². The summed E-state index contributed by atoms with van der Waals surface area (Å²) >= 11 is 0. The van der Waals surface area contributed by atoms with Gasteiger partial charge in [-0.15, -0.1) is 0 Å². The van der Waals surface area contributed by atoms with E-state index in [-0.39, 0.29) is 24.7 Å². The number of aromatic amines is 1. The highest BCUT2D eigenvalue weighted by molar-refractivity contribution is 5.94. The zero-order valence-electron chi connectivity index (χ0n) is 21.8. The van der Waals surface area contributed by atoms with Crippen LogP contribution in [0.1, 0.15) is 46.1 Å². The van der Waals surface area contributed by atoms with Crippen molar-refractivity contribution in [2.45, 2.75) is 71.1 Å². The summed E-state index contributed by atoms with van der Waals surface area (Å²) in [5, 5.41) is 27.8. The number of rotatable bonds is 14. The van der Waals surface area contributed by atoms with Gasteiger partial charge in [-0.25, -0.2) is 4.79 Å². The van der Waals surface area contributed by atoms with Gasteiger partial charge in [0.15, 0.2) is 0 Å². The lowest BCUT2D eigenvalue weighted by atomic mass is 10.0. The van der Waals surface area contributed by atoms with Gasteiger partial charge in [-0.05, 0) is 36.3 Å². The molecule has 2 aromatic rings. The molecule has 1 heterocycles. The summed E-state index contributed by atoms with van der Waals surface area (Å²) < 4.78 is 0. The van der Waals surface area contributed by atoms with E-state index >= 15 is 0 Å². The molecule has 3 amide bonds. The Hall–Kier alpha value is -3.44. The fourth-order valence-corrected chi connectivity index (χ4v) is 4.06. The SMILES string of the molecule is CC(C)CC(N)C(=O)NC(CC(C)C)C(=O)NC(CO)C(=O)NC(Cc1c[nH]c2ccccc12)C(=O)O. The van der Waals surface area contributed by atoms with E-state index in [2.05, 4.69) is 20.9 Å². The number of aliphatic carboxylic acids is 1. The number of para-hydroxylation sites is 1. The molecular formula is C26H39N5O6. The molecule has 0 fully saturated rings. The molecule has 37 heavy (non-hydrogen) atoms. The van der Waals surface area contributed by atoms with Crippen molar-refractivity contribution < 1.29 is 29.4 Å². The van der Waals surface area contributed by atoms with Crippen LogP contribution in [0.2, 0.25) is 0 Å². The first kappa shape index (κ1) is 29.8. The third kappa shape index (κ3) is 8.87. The molecule has 4 unspecified atom stereocenters. The second-order valence-corrected chi connectivity index (χ2v) is 10.1. The van der Waals surface area contributed by atoms with Crippen LogP contribution in [0.15, 0.2) is 30.5 Å². The standard InChI is InChI=1S/C26H39N5O6/c1-14(2)9-18(27)23(33)29-20(10-15(3)4)24(34)31-22(13-32)25(35)30-21(26(36)37)11-16-12-28-19-8-6-5-7-17(16)19/h5-8,12,14-15,18,20-22,28,32H,9-11,13,27H2,1-4H3,(H,29,33)(H,30,35)(H,31,34)(H,36,37). The van der Waals surface area contributed by atoms with Crippen LogP contribution in [0.3, 0.4) is 0 Å². The number of aliphatic hydroxyl groups excluding tert-OH is 1. The number of carbonyl (C=O) groups excluding carboxylic acids is 3. The average Bonchev–Trinajstić information content (AvgIpc) is 3.23. The van der Waals surface area contributed by atoms with Crippen molar-refractivity contribution in [1.82, 2.24) is 20.9 Å². The first-order valence-corrected chi connectivity index (χ1v) is 12.5. The molecular weight excluding hydrogens is 478 g/mol. The van der Waals surface area contributed by atoms with E-state index in [1.54, 1.807) is 6.20 Å². The van der Waals surface area contributed by atoms with Gasteiger partial charge in [0.2, 0.25) is 17.7 Å². The van der Waals surface area contributed by atoms with E-state index in [4.69, 9.17) is 5.73 Å². The van der Waals surface area contributed by atoms with Gasteiger partial charge in [-0.2, -0.15) is 0 Å². The van der Waals surface area contributed by atoms with Crippen molar-refractivity contribution in [1.29, 1.82) is 0 Å². The Labute approximate surface area is 216 Å². The molecule has 0 spiro atoms. The number of H-pyrrole nitrogens is 1. The number of carboxylic acid groups (broad SMARTS) is 1. The predicted octanol–water partition coefficient (Wildman–Crippen LogP) is 0.661. The highest BCUT2D eigenvalue weighted by Gasteiger charge is 2.31. The number of amides is 3. The number of nitrogens with one attached hydrogen (secondary N) is 4. The summed E-state index contributed by atoms with van der Waals surface area (Å²) in [5.41, 5.74) is 7.47. The van der Waals surface area contributed by atoms with E-state index < -0.39 is 54.5 Å². The Morgan fingerprint density at radius 3 is 2.03 bits per heavy atom. The second kappa shape index (κ2) is 13.8. The molecule has 4 atom stereocenters. The Morgan fingerprint density at radius 2 is 1.43 bits per heavy atom. The van der Waals surface area contributed by atoms with Crippen molar-refractivity contribution in [2.24, 2.45) is 17.6 Å². The summed E-state index contributed by atoms with van der Waals surface area (Å²) in [6, 6.07) is 2.90. The zero-order valence-corrected chi connectivity index (χ0v) is 21.8. The van der Waals surface area contributed by atoms with Gasteiger partial charge in [-0.1, -0.05) is 45.9 Å². The van der Waals surface area contributed by atoms with E-state index in [0.717, 1.165) is 10.9 Å². The molecule has 2 rings (SSSR count). The van der Waals surface area contributed by atoms with Gasteiger partial charge in [0.05, 0.1) is 12.6 Å². The van der Waals surface area contributed by atoms with Gasteiger partial charge in [0.1, 0.15) is 18.1 Å². The Bertz CT molecular complexity index is 1080. The van der Waals surface area contributed by atoms with Gasteiger partial charge in [-0.3, -0.25) is 14.4 Å². The van der Waals surface area contributed by atoms with Crippen LogP contribution in [-0.4, -0.2) is 69.7 Å². The Balaban J connectivity index is 2.09. The van der Waals surface area contributed by atoms with Crippen molar-refractivity contribution in [3.8, 4) is 0 Å². The largest absolute Gasteiger partial charge is 0.480 e. The fourth-order valence-electron chi connectivity index (χ4n) is 4.06. The molecule has 0 aliphatic carbocycles. The molecule has 1 aromatic carbocycles. The van der Waals surface area contributed by atoms with Crippen molar-refractivity contribution in [3.63, 3.8) is 0 Å². The number of aromatic nitrogens is 1. The third-order valence-electron chi connectivity index (χ3n) is 5.93. The molecule has 11 heteroatoms. The molecule has 0 radical (unpaired) electrons. The molecule has 204 valence electrons. The maximum absolute atomic E-state index is 13.0. The summed E-state index contributed by atoms with van der Waals surface area (Å²) in [6.45, 7) is 6.85. The summed E-state index contributed by atoms with van der Waals surface area (Å²) in [4.78, 5) is 53.3.